The van der Waals surface area contributed by atoms with Crippen molar-refractivity contribution in [1.82, 2.24) is 19.7 Å². The van der Waals surface area contributed by atoms with Crippen molar-refractivity contribution in [3.8, 4) is 0 Å². The van der Waals surface area contributed by atoms with Gasteiger partial charge in [0.05, 0.1) is 49.5 Å². The minimum atomic E-state index is -3.88. The molecule has 3 aromatic rings. The van der Waals surface area contributed by atoms with Crippen LogP contribution >= 0.6 is 0 Å². The summed E-state index contributed by atoms with van der Waals surface area (Å²) in [5.41, 5.74) is 2.49. The number of aliphatic hydroxyl groups is 1. The van der Waals surface area contributed by atoms with E-state index in [0.29, 0.717) is 12.1 Å². The van der Waals surface area contributed by atoms with Crippen LogP contribution in [0.3, 0.4) is 0 Å². The molecule has 0 fully saturated rings. The van der Waals surface area contributed by atoms with Gasteiger partial charge in [-0.2, -0.15) is 0 Å². The summed E-state index contributed by atoms with van der Waals surface area (Å²) in [6.45, 7) is 5.29. The van der Waals surface area contributed by atoms with Crippen LogP contribution in [0.25, 0.3) is 0 Å². The topological polar surface area (TPSA) is 145 Å². The van der Waals surface area contributed by atoms with Crippen molar-refractivity contribution in [3.05, 3.63) is 89.8 Å². The molecule has 1 heterocycles. The third-order valence-corrected chi connectivity index (χ3v) is 7.90. The van der Waals surface area contributed by atoms with E-state index in [1.165, 1.54) is 25.5 Å². The Kier molecular flexibility index (Phi) is 11.7. The van der Waals surface area contributed by atoms with Crippen LogP contribution in [-0.2, 0) is 30.8 Å². The quantitative estimate of drug-likeness (QED) is 0.120. The van der Waals surface area contributed by atoms with Crippen molar-refractivity contribution in [3.63, 3.8) is 0 Å². The van der Waals surface area contributed by atoms with Crippen LogP contribution in [0.5, 0.6) is 0 Å². The Morgan fingerprint density at radius 1 is 1.15 bits per heavy atom. The van der Waals surface area contributed by atoms with Crippen molar-refractivity contribution in [1.29, 1.82) is 0 Å². The maximum atomic E-state index is 13.1. The van der Waals surface area contributed by atoms with Gasteiger partial charge in [0, 0.05) is 0 Å². The average Bonchev–Trinajstić information content (AvgIpc) is 3.46. The third kappa shape index (κ3) is 9.62. The molecule has 0 aliphatic carbocycles. The van der Waals surface area contributed by atoms with Gasteiger partial charge in [0.15, 0.2) is 6.10 Å². The van der Waals surface area contributed by atoms with E-state index in [4.69, 9.17) is 4.84 Å². The van der Waals surface area contributed by atoms with Crippen LogP contribution in [-0.4, -0.2) is 60.5 Å². The number of hydrogen-bond donors (Lipinski definition) is 2. The Morgan fingerprint density at radius 3 is 2.51 bits per heavy atom. The molecule has 3 rings (SSSR count). The number of aryl methyl sites for hydroxylation is 1. The lowest BCUT2D eigenvalue weighted by molar-refractivity contribution is -0.139. The van der Waals surface area contributed by atoms with Crippen LogP contribution in [0.15, 0.2) is 83.0 Å². The largest absolute Gasteiger partial charge is 0.469 e. The number of aliphatic hydroxyl groups excluding tert-OH is 1. The van der Waals surface area contributed by atoms with Gasteiger partial charge in [-0.1, -0.05) is 77.5 Å². The Morgan fingerprint density at radius 2 is 1.85 bits per heavy atom. The molecule has 0 aliphatic heterocycles. The Balaban J connectivity index is 1.71. The Hall–Kier alpha value is -3.87. The fraction of sp³-hybridized carbons (Fsp3) is 0.379. The molecular formula is C29H37N5O6S. The average molecular weight is 584 g/mol. The summed E-state index contributed by atoms with van der Waals surface area (Å²) in [5.74, 6) is -0.789. The number of carbonyl (C=O) groups is 1. The highest BCUT2D eigenvalue weighted by Gasteiger charge is 2.23. The molecule has 220 valence electrons. The second kappa shape index (κ2) is 15.2. The summed E-state index contributed by atoms with van der Waals surface area (Å²) < 4.78 is 35.1. The maximum Gasteiger partial charge on any atom is 0.309 e. The standard InChI is InChI=1S/C29H37N5O6S/c1-21-13-15-26(16-14-21)41(37,38)32-27(22(2)9-8-12-29(36)39-4)18-30-40-23(3)28-19-34(33-31-28)25(20-35)17-24-10-6-5-7-11-24/h5-11,13-16,18-19,22-23,25,27,32,35H,12,17,20H2,1-4H3/b9-8+,30-18+/t22-,23-,25+,27-/m1/s1. The minimum absolute atomic E-state index is 0.0533. The SMILES string of the molecule is COC(=O)C/C=C/[C@@H](C)[C@@H](/C=N/O[C@H](C)c1cn([C@H](CO)Cc2ccccc2)nn1)NS(=O)(=O)c1ccc(C)cc1. The highest BCUT2D eigenvalue weighted by molar-refractivity contribution is 7.89. The summed E-state index contributed by atoms with van der Waals surface area (Å²) >= 11 is 0. The van der Waals surface area contributed by atoms with Crippen molar-refractivity contribution >= 4 is 22.2 Å². The molecule has 4 atom stereocenters. The fourth-order valence-corrected chi connectivity index (χ4v) is 5.11. The first-order valence-corrected chi connectivity index (χ1v) is 14.7. The smallest absolute Gasteiger partial charge is 0.309 e. The Labute approximate surface area is 240 Å². The van der Waals surface area contributed by atoms with Gasteiger partial charge < -0.3 is 14.7 Å². The molecule has 1 aromatic heterocycles. The number of ether oxygens (including phenoxy) is 1. The summed E-state index contributed by atoms with van der Waals surface area (Å²) in [6.07, 6.45) is 6.42. The minimum Gasteiger partial charge on any atom is -0.469 e. The van der Waals surface area contributed by atoms with E-state index < -0.39 is 28.1 Å². The van der Waals surface area contributed by atoms with E-state index in [-0.39, 0.29) is 29.9 Å². The van der Waals surface area contributed by atoms with Gasteiger partial charge >= 0.3 is 5.97 Å². The first-order valence-electron chi connectivity index (χ1n) is 13.2. The van der Waals surface area contributed by atoms with E-state index in [9.17, 15) is 18.3 Å². The van der Waals surface area contributed by atoms with Crippen molar-refractivity contribution in [2.75, 3.05) is 13.7 Å². The molecule has 11 nitrogen and oxygen atoms in total. The van der Waals surface area contributed by atoms with Gasteiger partial charge in [0.25, 0.3) is 0 Å². The van der Waals surface area contributed by atoms with Crippen LogP contribution in [0, 0.1) is 12.8 Å². The highest BCUT2D eigenvalue weighted by atomic mass is 32.2. The lowest BCUT2D eigenvalue weighted by Crippen LogP contribution is -2.40. The molecule has 0 bridgehead atoms. The lowest BCUT2D eigenvalue weighted by atomic mass is 10.0. The number of sulfonamides is 1. The molecule has 2 N–H and O–H groups in total. The summed E-state index contributed by atoms with van der Waals surface area (Å²) in [4.78, 5) is 17.2. The normalized spacial score (nSPS) is 15.0. The predicted molar refractivity (Wildman–Crippen MR) is 155 cm³/mol. The number of aromatic nitrogens is 3. The molecule has 0 saturated heterocycles. The molecule has 0 spiro atoms. The number of methoxy groups -OCH3 is 1. The Bertz CT molecular complexity index is 1410. The van der Waals surface area contributed by atoms with E-state index in [0.717, 1.165) is 11.1 Å². The van der Waals surface area contributed by atoms with E-state index in [1.807, 2.05) is 37.3 Å². The van der Waals surface area contributed by atoms with Gasteiger partial charge in [-0.3, -0.25) is 4.79 Å². The van der Waals surface area contributed by atoms with Gasteiger partial charge in [-0.25, -0.2) is 17.8 Å². The van der Waals surface area contributed by atoms with Gasteiger partial charge in [-0.05, 0) is 43.9 Å². The molecule has 12 heteroatoms. The van der Waals surface area contributed by atoms with E-state index in [1.54, 1.807) is 49.0 Å². The lowest BCUT2D eigenvalue weighted by Gasteiger charge is -2.19. The molecule has 0 aliphatic rings. The second-order valence-corrected chi connectivity index (χ2v) is 11.4. The van der Waals surface area contributed by atoms with Crippen molar-refractivity contribution < 1.29 is 27.9 Å². The zero-order valence-corrected chi connectivity index (χ0v) is 24.4. The molecule has 0 amide bonds. The molecule has 0 radical (unpaired) electrons. The number of benzene rings is 2. The number of rotatable bonds is 15. The zero-order chi connectivity index (χ0) is 29.8. The fourth-order valence-electron chi connectivity index (χ4n) is 3.85. The number of hydrogen-bond acceptors (Lipinski definition) is 9. The zero-order valence-electron chi connectivity index (χ0n) is 23.6. The summed E-state index contributed by atoms with van der Waals surface area (Å²) in [7, 11) is -2.58. The van der Waals surface area contributed by atoms with E-state index in [2.05, 4.69) is 24.9 Å². The van der Waals surface area contributed by atoms with Gasteiger partial charge in [0.1, 0.15) is 5.69 Å². The van der Waals surface area contributed by atoms with Crippen LogP contribution < -0.4 is 4.72 Å². The molecule has 2 aromatic carbocycles. The maximum absolute atomic E-state index is 13.1. The number of nitrogens with zero attached hydrogens (tertiary/aromatic N) is 4. The van der Waals surface area contributed by atoms with Crippen LogP contribution in [0.1, 0.15) is 49.2 Å². The molecule has 0 saturated carbocycles. The first kappa shape index (κ1) is 31.7. The number of nitrogens with one attached hydrogen (secondary N) is 1. The van der Waals surface area contributed by atoms with Crippen LogP contribution in [0.2, 0.25) is 0 Å². The van der Waals surface area contributed by atoms with E-state index >= 15 is 0 Å². The van der Waals surface area contributed by atoms with Crippen molar-refractivity contribution in [2.24, 2.45) is 11.1 Å². The van der Waals surface area contributed by atoms with Gasteiger partial charge in [-0.15, -0.1) is 5.10 Å². The third-order valence-electron chi connectivity index (χ3n) is 6.42. The molecular weight excluding hydrogens is 546 g/mol. The predicted octanol–water partition coefficient (Wildman–Crippen LogP) is 3.53. The molecule has 0 unspecified atom stereocenters. The van der Waals surface area contributed by atoms with Crippen LogP contribution in [0.4, 0.5) is 0 Å². The first-order chi connectivity index (χ1) is 19.6. The van der Waals surface area contributed by atoms with Gasteiger partial charge in [0.2, 0.25) is 10.0 Å². The number of oxime groups is 1. The number of carbonyl (C=O) groups excluding carboxylic acids is 1. The summed E-state index contributed by atoms with van der Waals surface area (Å²) in [5, 5.41) is 22.3. The monoisotopic (exact) mass is 583 g/mol. The highest BCUT2D eigenvalue weighted by Crippen LogP contribution is 2.19. The summed E-state index contributed by atoms with van der Waals surface area (Å²) in [6, 6.07) is 15.2. The molecule has 41 heavy (non-hydrogen) atoms. The van der Waals surface area contributed by atoms with Crippen molar-refractivity contribution in [2.45, 2.75) is 56.7 Å². The number of esters is 1. The second-order valence-electron chi connectivity index (χ2n) is 9.68.